The van der Waals surface area contributed by atoms with Crippen molar-refractivity contribution in [2.24, 2.45) is 5.92 Å². The molecule has 0 atom stereocenters. The number of hydrogen-bond acceptors (Lipinski definition) is 2. The van der Waals surface area contributed by atoms with E-state index in [2.05, 4.69) is 0 Å². The lowest BCUT2D eigenvalue weighted by Gasteiger charge is -2.23. The largest absolute Gasteiger partial charge is 0.491 e. The second kappa shape index (κ2) is 7.49. The predicted octanol–water partition coefficient (Wildman–Crippen LogP) is 5.28. The first-order valence-corrected chi connectivity index (χ1v) is 9.64. The summed E-state index contributed by atoms with van der Waals surface area (Å²) in [4.78, 5) is 14.7. The van der Waals surface area contributed by atoms with Crippen LogP contribution in [0.2, 0.25) is 0 Å². The molecule has 1 saturated carbocycles. The van der Waals surface area contributed by atoms with Crippen LogP contribution in [-0.4, -0.2) is 24.0 Å². The number of benzene rings is 2. The average Bonchev–Trinajstić information content (AvgIpc) is 3.13. The van der Waals surface area contributed by atoms with Gasteiger partial charge in [-0.3, -0.25) is 4.79 Å². The van der Waals surface area contributed by atoms with Crippen molar-refractivity contribution in [3.8, 4) is 16.9 Å². The number of carbonyl (C=O) groups is 1. The first-order valence-electron chi connectivity index (χ1n) is 9.64. The number of rotatable bonds is 2. The van der Waals surface area contributed by atoms with Gasteiger partial charge in [0.25, 0.3) is 0 Å². The zero-order chi connectivity index (χ0) is 19.7. The van der Waals surface area contributed by atoms with E-state index in [9.17, 15) is 18.0 Å². The fourth-order valence-corrected chi connectivity index (χ4v) is 4.04. The molecule has 148 valence electrons. The van der Waals surface area contributed by atoms with Crippen LogP contribution in [0.25, 0.3) is 11.1 Å². The zero-order valence-electron chi connectivity index (χ0n) is 15.5. The SMILES string of the molecule is O=C(C1CCCC1)N1CCOc2ccc(-c3ccc(C(F)(F)F)cc3)cc2C1. The Bertz CT molecular complexity index is 855. The molecule has 0 N–H and O–H groups in total. The maximum atomic E-state index is 12.8. The first-order chi connectivity index (χ1) is 13.4. The van der Waals surface area contributed by atoms with Gasteiger partial charge >= 0.3 is 6.18 Å². The summed E-state index contributed by atoms with van der Waals surface area (Å²) in [5, 5.41) is 0. The lowest BCUT2D eigenvalue weighted by atomic mass is 10.0. The summed E-state index contributed by atoms with van der Waals surface area (Å²) in [6.07, 6.45) is -0.227. The van der Waals surface area contributed by atoms with E-state index in [1.54, 1.807) is 0 Å². The van der Waals surface area contributed by atoms with Gasteiger partial charge in [0.05, 0.1) is 12.1 Å². The van der Waals surface area contributed by atoms with E-state index >= 15 is 0 Å². The van der Waals surface area contributed by atoms with Crippen molar-refractivity contribution < 1.29 is 22.7 Å². The van der Waals surface area contributed by atoms with Crippen LogP contribution in [0.4, 0.5) is 13.2 Å². The molecule has 1 heterocycles. The molecule has 0 saturated heterocycles. The van der Waals surface area contributed by atoms with Crippen LogP contribution in [0.15, 0.2) is 42.5 Å². The van der Waals surface area contributed by atoms with Crippen LogP contribution in [0.5, 0.6) is 5.75 Å². The van der Waals surface area contributed by atoms with Crippen molar-refractivity contribution in [1.82, 2.24) is 4.90 Å². The number of amides is 1. The van der Waals surface area contributed by atoms with Crippen LogP contribution in [-0.2, 0) is 17.5 Å². The van der Waals surface area contributed by atoms with Crippen molar-refractivity contribution in [2.45, 2.75) is 38.4 Å². The molecule has 3 nitrogen and oxygen atoms in total. The molecule has 4 rings (SSSR count). The number of ether oxygens (including phenoxy) is 1. The highest BCUT2D eigenvalue weighted by Gasteiger charge is 2.30. The number of halogens is 3. The Morgan fingerprint density at radius 1 is 1.00 bits per heavy atom. The van der Waals surface area contributed by atoms with Gasteiger partial charge in [0.1, 0.15) is 12.4 Å². The molecule has 2 aromatic rings. The van der Waals surface area contributed by atoms with Crippen LogP contribution in [0, 0.1) is 5.92 Å². The average molecular weight is 389 g/mol. The second-order valence-electron chi connectivity index (χ2n) is 7.49. The Morgan fingerprint density at radius 3 is 2.36 bits per heavy atom. The molecular formula is C22H22F3NO2. The number of carbonyl (C=O) groups excluding carboxylic acids is 1. The molecule has 2 aliphatic rings. The van der Waals surface area contributed by atoms with E-state index in [4.69, 9.17) is 4.74 Å². The Morgan fingerprint density at radius 2 is 1.68 bits per heavy atom. The van der Waals surface area contributed by atoms with Gasteiger partial charge in [-0.15, -0.1) is 0 Å². The minimum Gasteiger partial charge on any atom is -0.491 e. The first kappa shape index (κ1) is 18.8. The predicted molar refractivity (Wildman–Crippen MR) is 99.8 cm³/mol. The van der Waals surface area contributed by atoms with Gasteiger partial charge in [-0.05, 0) is 48.2 Å². The minimum absolute atomic E-state index is 0.111. The third-order valence-electron chi connectivity index (χ3n) is 5.60. The van der Waals surface area contributed by atoms with Crippen LogP contribution in [0.3, 0.4) is 0 Å². The van der Waals surface area contributed by atoms with Crippen molar-refractivity contribution in [3.05, 3.63) is 53.6 Å². The normalized spacial score (nSPS) is 17.8. The van der Waals surface area contributed by atoms with Gasteiger partial charge in [0.2, 0.25) is 5.91 Å². The smallest absolute Gasteiger partial charge is 0.416 e. The Balaban J connectivity index is 1.58. The summed E-state index contributed by atoms with van der Waals surface area (Å²) in [6.45, 7) is 1.48. The molecule has 0 aromatic heterocycles. The highest BCUT2D eigenvalue weighted by molar-refractivity contribution is 5.79. The molecule has 0 spiro atoms. The van der Waals surface area contributed by atoms with Crippen molar-refractivity contribution in [1.29, 1.82) is 0 Å². The summed E-state index contributed by atoms with van der Waals surface area (Å²) in [5.41, 5.74) is 1.74. The lowest BCUT2D eigenvalue weighted by molar-refractivity contribution is -0.137. The Hall–Kier alpha value is -2.50. The molecule has 6 heteroatoms. The van der Waals surface area contributed by atoms with Gasteiger partial charge in [-0.2, -0.15) is 13.2 Å². The number of nitrogens with zero attached hydrogens (tertiary/aromatic N) is 1. The van der Waals surface area contributed by atoms with Crippen LogP contribution in [0.1, 0.15) is 36.8 Å². The van der Waals surface area contributed by atoms with E-state index in [0.29, 0.717) is 25.3 Å². The fraction of sp³-hybridized carbons (Fsp3) is 0.409. The topological polar surface area (TPSA) is 29.5 Å². The van der Waals surface area contributed by atoms with E-state index in [-0.39, 0.29) is 11.8 Å². The molecule has 1 aliphatic carbocycles. The lowest BCUT2D eigenvalue weighted by Crippen LogP contribution is -2.36. The summed E-state index contributed by atoms with van der Waals surface area (Å²) < 4.78 is 44.2. The molecule has 28 heavy (non-hydrogen) atoms. The summed E-state index contributed by atoms with van der Waals surface area (Å²) >= 11 is 0. The summed E-state index contributed by atoms with van der Waals surface area (Å²) in [5.74, 6) is 1.03. The van der Waals surface area contributed by atoms with Crippen LogP contribution < -0.4 is 4.74 Å². The van der Waals surface area contributed by atoms with Gasteiger partial charge in [-0.1, -0.05) is 31.0 Å². The molecule has 1 amide bonds. The maximum Gasteiger partial charge on any atom is 0.416 e. The standard InChI is InChI=1S/C22H22F3NO2/c23-22(24,25)19-8-5-15(6-9-19)17-7-10-20-18(13-17)14-26(11-12-28-20)21(27)16-3-1-2-4-16/h5-10,13,16H,1-4,11-12,14H2. The highest BCUT2D eigenvalue weighted by Crippen LogP contribution is 2.34. The third-order valence-corrected chi connectivity index (χ3v) is 5.60. The van der Waals surface area contributed by atoms with Crippen molar-refractivity contribution in [2.75, 3.05) is 13.2 Å². The number of alkyl halides is 3. The second-order valence-corrected chi connectivity index (χ2v) is 7.49. The maximum absolute atomic E-state index is 12.8. The van der Waals surface area contributed by atoms with E-state index in [0.717, 1.165) is 54.7 Å². The number of fused-ring (bicyclic) bond motifs is 1. The number of hydrogen-bond donors (Lipinski definition) is 0. The van der Waals surface area contributed by atoms with Gasteiger partial charge < -0.3 is 9.64 Å². The molecule has 2 aromatic carbocycles. The van der Waals surface area contributed by atoms with E-state index in [1.807, 2.05) is 23.1 Å². The van der Waals surface area contributed by atoms with Gasteiger partial charge in [-0.25, -0.2) is 0 Å². The van der Waals surface area contributed by atoms with E-state index in [1.165, 1.54) is 12.1 Å². The molecule has 1 aliphatic heterocycles. The zero-order valence-corrected chi connectivity index (χ0v) is 15.5. The Kier molecular flexibility index (Phi) is 5.04. The van der Waals surface area contributed by atoms with Crippen LogP contribution >= 0.6 is 0 Å². The summed E-state index contributed by atoms with van der Waals surface area (Å²) in [7, 11) is 0. The third kappa shape index (κ3) is 3.86. The minimum atomic E-state index is -4.35. The molecule has 1 fully saturated rings. The molecule has 0 bridgehead atoms. The quantitative estimate of drug-likeness (QED) is 0.699. The Labute approximate surface area is 162 Å². The van der Waals surface area contributed by atoms with Gasteiger partial charge in [0.15, 0.2) is 0 Å². The monoisotopic (exact) mass is 389 g/mol. The molecule has 0 radical (unpaired) electrons. The van der Waals surface area contributed by atoms with Crippen molar-refractivity contribution >= 4 is 5.91 Å². The summed E-state index contributed by atoms with van der Waals surface area (Å²) in [6, 6.07) is 10.7. The van der Waals surface area contributed by atoms with Gasteiger partial charge in [0, 0.05) is 18.0 Å². The molecular weight excluding hydrogens is 367 g/mol. The fourth-order valence-electron chi connectivity index (χ4n) is 4.04. The highest BCUT2D eigenvalue weighted by atomic mass is 19.4. The van der Waals surface area contributed by atoms with Crippen molar-refractivity contribution in [3.63, 3.8) is 0 Å². The van der Waals surface area contributed by atoms with E-state index < -0.39 is 11.7 Å². The molecule has 0 unspecified atom stereocenters.